The maximum absolute atomic E-state index is 5.69. The molecule has 0 radical (unpaired) electrons. The molecule has 0 aliphatic heterocycles. The number of benzene rings is 1. The zero-order valence-electron chi connectivity index (χ0n) is 13.9. The van der Waals surface area contributed by atoms with Crippen LogP contribution in [-0.4, -0.2) is 39.4 Å². The van der Waals surface area contributed by atoms with E-state index in [9.17, 15) is 0 Å². The molecule has 1 rings (SSSR count). The van der Waals surface area contributed by atoms with Gasteiger partial charge in [-0.1, -0.05) is 12.1 Å². The molecule has 22 heavy (non-hydrogen) atoms. The number of rotatable bonds is 8. The number of ether oxygens (including phenoxy) is 2. The quantitative estimate of drug-likeness (QED) is 0.294. The second-order valence-electron chi connectivity index (χ2n) is 5.07. The van der Waals surface area contributed by atoms with Crippen molar-refractivity contribution in [2.75, 3.05) is 27.4 Å². The van der Waals surface area contributed by atoms with E-state index in [0.29, 0.717) is 19.2 Å². The number of nitrogens with one attached hydrogen (secondary N) is 2. The van der Waals surface area contributed by atoms with E-state index in [-0.39, 0.29) is 24.0 Å². The van der Waals surface area contributed by atoms with Crippen molar-refractivity contribution >= 4 is 29.9 Å². The molecule has 2 N–H and O–H groups in total. The number of methoxy groups -OCH3 is 1. The van der Waals surface area contributed by atoms with Gasteiger partial charge in [0.15, 0.2) is 5.96 Å². The molecule has 6 heteroatoms. The predicted molar refractivity (Wildman–Crippen MR) is 102 cm³/mol. The maximum Gasteiger partial charge on any atom is 0.191 e. The number of guanidine groups is 1. The molecule has 0 saturated carbocycles. The third kappa shape index (κ3) is 9.09. The lowest BCUT2D eigenvalue weighted by Crippen LogP contribution is -2.40. The first kappa shape index (κ1) is 21.0. The van der Waals surface area contributed by atoms with Crippen LogP contribution in [0.3, 0.4) is 0 Å². The highest BCUT2D eigenvalue weighted by molar-refractivity contribution is 14.0. The van der Waals surface area contributed by atoms with E-state index in [0.717, 1.165) is 30.3 Å². The van der Waals surface area contributed by atoms with Gasteiger partial charge >= 0.3 is 0 Å². The number of hydrogen-bond donors (Lipinski definition) is 2. The lowest BCUT2D eigenvalue weighted by Gasteiger charge is -2.15. The Labute approximate surface area is 150 Å². The first-order valence-electron chi connectivity index (χ1n) is 7.33. The number of nitrogens with zero attached hydrogens (tertiary/aromatic N) is 1. The third-order valence-corrected chi connectivity index (χ3v) is 2.77. The molecule has 0 bridgehead atoms. The molecule has 0 amide bonds. The molecule has 0 aliphatic rings. The van der Waals surface area contributed by atoms with E-state index in [1.54, 1.807) is 14.2 Å². The van der Waals surface area contributed by atoms with Crippen molar-refractivity contribution in [3.05, 3.63) is 29.8 Å². The lowest BCUT2D eigenvalue weighted by molar-refractivity contribution is 0.172. The Balaban J connectivity index is 0.00000441. The molecule has 0 unspecified atom stereocenters. The van der Waals surface area contributed by atoms with Crippen LogP contribution in [0.1, 0.15) is 25.8 Å². The fourth-order valence-electron chi connectivity index (χ4n) is 1.79. The summed E-state index contributed by atoms with van der Waals surface area (Å²) in [6, 6.07) is 8.44. The van der Waals surface area contributed by atoms with Crippen molar-refractivity contribution in [1.29, 1.82) is 0 Å². The molecule has 5 nitrogen and oxygen atoms in total. The van der Waals surface area contributed by atoms with Crippen molar-refractivity contribution in [2.24, 2.45) is 4.99 Å². The molecule has 0 aliphatic carbocycles. The average Bonchev–Trinajstić information content (AvgIpc) is 2.48. The standard InChI is InChI=1S/C16H27N3O2.HI/c1-13(2)19-16(17-3)18-12-14-7-5-8-15(11-14)21-10-6-9-20-4;/h5,7-8,11,13H,6,9-10,12H2,1-4H3,(H2,17,18,19);1H. The van der Waals surface area contributed by atoms with Gasteiger partial charge in [0.1, 0.15) is 5.75 Å². The normalized spacial score (nSPS) is 11.0. The Hall–Kier alpha value is -1.02. The topological polar surface area (TPSA) is 54.9 Å². The molecule has 0 fully saturated rings. The lowest BCUT2D eigenvalue weighted by atomic mass is 10.2. The zero-order chi connectivity index (χ0) is 15.5. The van der Waals surface area contributed by atoms with Gasteiger partial charge in [-0.3, -0.25) is 4.99 Å². The molecular formula is C16H28IN3O2. The summed E-state index contributed by atoms with van der Waals surface area (Å²) in [5.41, 5.74) is 1.16. The molecule has 1 aromatic rings. The van der Waals surface area contributed by atoms with Crippen LogP contribution in [0.2, 0.25) is 0 Å². The van der Waals surface area contributed by atoms with Gasteiger partial charge in [0.05, 0.1) is 6.61 Å². The zero-order valence-corrected chi connectivity index (χ0v) is 16.2. The fraction of sp³-hybridized carbons (Fsp3) is 0.562. The summed E-state index contributed by atoms with van der Waals surface area (Å²) in [6.45, 7) is 6.27. The monoisotopic (exact) mass is 421 g/mol. The molecule has 0 saturated heterocycles. The van der Waals surface area contributed by atoms with Gasteiger partial charge in [-0.25, -0.2) is 0 Å². The summed E-state index contributed by atoms with van der Waals surface area (Å²) in [4.78, 5) is 4.19. The van der Waals surface area contributed by atoms with Crippen molar-refractivity contribution in [2.45, 2.75) is 32.9 Å². The van der Waals surface area contributed by atoms with Crippen LogP contribution in [-0.2, 0) is 11.3 Å². The maximum atomic E-state index is 5.69. The van der Waals surface area contributed by atoms with Gasteiger partial charge < -0.3 is 20.1 Å². The van der Waals surface area contributed by atoms with Crippen molar-refractivity contribution < 1.29 is 9.47 Å². The highest BCUT2D eigenvalue weighted by Gasteiger charge is 2.01. The Morgan fingerprint density at radius 2 is 2.05 bits per heavy atom. The Morgan fingerprint density at radius 3 is 2.68 bits per heavy atom. The third-order valence-electron chi connectivity index (χ3n) is 2.77. The van der Waals surface area contributed by atoms with Gasteiger partial charge in [-0.05, 0) is 31.5 Å². The van der Waals surface area contributed by atoms with Crippen molar-refractivity contribution in [3.8, 4) is 5.75 Å². The Morgan fingerprint density at radius 1 is 1.27 bits per heavy atom. The predicted octanol–water partition coefficient (Wildman–Crippen LogP) is 2.79. The smallest absolute Gasteiger partial charge is 0.191 e. The van der Waals surface area contributed by atoms with Gasteiger partial charge in [-0.2, -0.15) is 0 Å². The van der Waals surface area contributed by atoms with E-state index >= 15 is 0 Å². The first-order chi connectivity index (χ1) is 10.2. The largest absolute Gasteiger partial charge is 0.493 e. The van der Waals surface area contributed by atoms with Crippen LogP contribution in [0, 0.1) is 0 Å². The Kier molecular flexibility index (Phi) is 11.9. The molecule has 126 valence electrons. The number of hydrogen-bond acceptors (Lipinski definition) is 3. The van der Waals surface area contributed by atoms with E-state index in [2.05, 4.69) is 35.5 Å². The van der Waals surface area contributed by atoms with E-state index < -0.39 is 0 Å². The molecule has 0 atom stereocenters. The first-order valence-corrected chi connectivity index (χ1v) is 7.33. The number of aliphatic imine (C=N–C) groups is 1. The summed E-state index contributed by atoms with van der Waals surface area (Å²) in [7, 11) is 3.47. The molecule has 0 aromatic heterocycles. The van der Waals surface area contributed by atoms with Gasteiger partial charge in [0, 0.05) is 39.8 Å². The molecule has 1 aromatic carbocycles. The molecular weight excluding hydrogens is 393 g/mol. The summed E-state index contributed by atoms with van der Waals surface area (Å²) >= 11 is 0. The second kappa shape index (κ2) is 12.5. The fourth-order valence-corrected chi connectivity index (χ4v) is 1.79. The van der Waals surface area contributed by atoms with Crippen LogP contribution in [0.4, 0.5) is 0 Å². The van der Waals surface area contributed by atoms with Gasteiger partial charge in [0.25, 0.3) is 0 Å². The Bertz CT molecular complexity index is 439. The van der Waals surface area contributed by atoms with Crippen molar-refractivity contribution in [1.82, 2.24) is 10.6 Å². The minimum atomic E-state index is 0. The highest BCUT2D eigenvalue weighted by atomic mass is 127. The number of halogens is 1. The summed E-state index contributed by atoms with van der Waals surface area (Å²) in [6.07, 6.45) is 0.893. The summed E-state index contributed by atoms with van der Waals surface area (Å²) in [5.74, 6) is 1.69. The van der Waals surface area contributed by atoms with Crippen molar-refractivity contribution in [3.63, 3.8) is 0 Å². The van der Waals surface area contributed by atoms with Gasteiger partial charge in [0.2, 0.25) is 0 Å². The summed E-state index contributed by atoms with van der Waals surface area (Å²) < 4.78 is 10.7. The van der Waals surface area contributed by atoms with Gasteiger partial charge in [-0.15, -0.1) is 24.0 Å². The SMILES string of the molecule is CN=C(NCc1cccc(OCCCOC)c1)NC(C)C.I. The van der Waals surface area contributed by atoms with Crippen LogP contribution in [0.5, 0.6) is 5.75 Å². The average molecular weight is 421 g/mol. The second-order valence-corrected chi connectivity index (χ2v) is 5.07. The minimum Gasteiger partial charge on any atom is -0.493 e. The van der Waals surface area contributed by atoms with Crippen LogP contribution < -0.4 is 15.4 Å². The highest BCUT2D eigenvalue weighted by Crippen LogP contribution is 2.13. The van der Waals surface area contributed by atoms with E-state index in [1.165, 1.54) is 0 Å². The van der Waals surface area contributed by atoms with E-state index in [4.69, 9.17) is 9.47 Å². The molecule has 0 spiro atoms. The summed E-state index contributed by atoms with van der Waals surface area (Å²) in [5, 5.41) is 6.54. The minimum absolute atomic E-state index is 0. The van der Waals surface area contributed by atoms with E-state index in [1.807, 2.05) is 18.2 Å². The van der Waals surface area contributed by atoms with Crippen LogP contribution in [0.25, 0.3) is 0 Å². The molecule has 0 heterocycles. The van der Waals surface area contributed by atoms with Crippen LogP contribution >= 0.6 is 24.0 Å². The van der Waals surface area contributed by atoms with Crippen LogP contribution in [0.15, 0.2) is 29.3 Å².